The Bertz CT molecular complexity index is 360. The number of amides is 1. The largest absolute Gasteiger partial charge is 0.445 e. The molecule has 1 amide bonds. The highest BCUT2D eigenvalue weighted by molar-refractivity contribution is 5.64. The van der Waals surface area contributed by atoms with Crippen molar-refractivity contribution in [2.45, 2.75) is 13.2 Å². The van der Waals surface area contributed by atoms with Gasteiger partial charge in [0.2, 0.25) is 0 Å². The number of primary amides is 1. The van der Waals surface area contributed by atoms with Crippen LogP contribution in [0.25, 0.3) is 0 Å². The third-order valence-corrected chi connectivity index (χ3v) is 1.71. The average molecular weight is 226 g/mol. The van der Waals surface area contributed by atoms with Gasteiger partial charge in [0.15, 0.2) is 0 Å². The Morgan fingerprint density at radius 1 is 1.38 bits per heavy atom. The number of nitrogens with two attached hydrogens (primary N) is 1. The minimum Gasteiger partial charge on any atom is -0.445 e. The molecule has 1 aromatic carbocycles. The van der Waals surface area contributed by atoms with Gasteiger partial charge in [0.25, 0.3) is 5.09 Å². The maximum absolute atomic E-state index is 10.4. The lowest BCUT2D eigenvalue weighted by atomic mass is 10.1. The van der Waals surface area contributed by atoms with Gasteiger partial charge in [-0.3, -0.25) is 0 Å². The summed E-state index contributed by atoms with van der Waals surface area (Å²) in [7, 11) is 0. The van der Waals surface area contributed by atoms with Crippen LogP contribution in [0.3, 0.4) is 0 Å². The van der Waals surface area contributed by atoms with Crippen LogP contribution in [-0.4, -0.2) is 11.2 Å². The van der Waals surface area contributed by atoms with Gasteiger partial charge in [-0.15, -0.1) is 10.1 Å². The fourth-order valence-electron chi connectivity index (χ4n) is 1.09. The Morgan fingerprint density at radius 2 is 2.00 bits per heavy atom. The van der Waals surface area contributed by atoms with Crippen molar-refractivity contribution in [2.75, 3.05) is 0 Å². The van der Waals surface area contributed by atoms with Crippen LogP contribution in [0.15, 0.2) is 24.3 Å². The van der Waals surface area contributed by atoms with Gasteiger partial charge in [0.05, 0.1) is 0 Å². The molecule has 0 aliphatic rings. The fraction of sp³-hybridized carbons (Fsp3) is 0.222. The normalized spacial score (nSPS) is 9.50. The Labute approximate surface area is 90.9 Å². The fourth-order valence-corrected chi connectivity index (χ4v) is 1.09. The highest BCUT2D eigenvalue weighted by Gasteiger charge is 2.01. The van der Waals surface area contributed by atoms with E-state index < -0.39 is 11.2 Å². The van der Waals surface area contributed by atoms with Crippen molar-refractivity contribution in [1.29, 1.82) is 0 Å². The molecule has 1 aromatic rings. The van der Waals surface area contributed by atoms with Crippen LogP contribution in [0.5, 0.6) is 0 Å². The predicted molar refractivity (Wildman–Crippen MR) is 52.6 cm³/mol. The van der Waals surface area contributed by atoms with E-state index in [-0.39, 0.29) is 13.2 Å². The highest BCUT2D eigenvalue weighted by atomic mass is 16.9. The summed E-state index contributed by atoms with van der Waals surface area (Å²) in [6.07, 6.45) is -0.869. The number of benzene rings is 1. The smallest absolute Gasteiger partial charge is 0.404 e. The minimum absolute atomic E-state index is 0.0294. The summed E-state index contributed by atoms with van der Waals surface area (Å²) in [6.45, 7) is -0.112. The van der Waals surface area contributed by atoms with Crippen molar-refractivity contribution < 1.29 is 19.5 Å². The summed E-state index contributed by atoms with van der Waals surface area (Å²) in [6, 6.07) is 6.68. The molecule has 86 valence electrons. The second-order valence-electron chi connectivity index (χ2n) is 2.92. The van der Waals surface area contributed by atoms with E-state index in [0.29, 0.717) is 11.1 Å². The number of ether oxygens (including phenoxy) is 1. The van der Waals surface area contributed by atoms with E-state index in [2.05, 4.69) is 9.57 Å². The Hall–Kier alpha value is -2.31. The van der Waals surface area contributed by atoms with Crippen molar-refractivity contribution in [1.82, 2.24) is 0 Å². The maximum atomic E-state index is 10.4. The molecular weight excluding hydrogens is 216 g/mol. The van der Waals surface area contributed by atoms with Crippen molar-refractivity contribution >= 4 is 6.09 Å². The number of hydrogen-bond acceptors (Lipinski definition) is 5. The highest BCUT2D eigenvalue weighted by Crippen LogP contribution is 2.07. The second-order valence-corrected chi connectivity index (χ2v) is 2.92. The van der Waals surface area contributed by atoms with Crippen LogP contribution in [0, 0.1) is 10.1 Å². The van der Waals surface area contributed by atoms with Crippen molar-refractivity contribution in [2.24, 2.45) is 5.73 Å². The van der Waals surface area contributed by atoms with E-state index in [4.69, 9.17) is 5.73 Å². The van der Waals surface area contributed by atoms with Gasteiger partial charge in [-0.25, -0.2) is 4.79 Å². The van der Waals surface area contributed by atoms with E-state index in [9.17, 15) is 14.9 Å². The summed E-state index contributed by atoms with van der Waals surface area (Å²) >= 11 is 0. The molecule has 0 aliphatic carbocycles. The zero-order chi connectivity index (χ0) is 12.0. The molecule has 0 unspecified atom stereocenters. The van der Waals surface area contributed by atoms with Gasteiger partial charge in [0.1, 0.15) is 13.2 Å². The average Bonchev–Trinajstić information content (AvgIpc) is 2.24. The molecule has 0 heterocycles. The van der Waals surface area contributed by atoms with Crippen molar-refractivity contribution in [3.63, 3.8) is 0 Å². The van der Waals surface area contributed by atoms with Crippen LogP contribution in [0.4, 0.5) is 4.79 Å². The zero-order valence-electron chi connectivity index (χ0n) is 8.29. The Balaban J connectivity index is 2.56. The Kier molecular flexibility index (Phi) is 4.07. The van der Waals surface area contributed by atoms with E-state index in [1.54, 1.807) is 24.3 Å². The van der Waals surface area contributed by atoms with Gasteiger partial charge >= 0.3 is 6.09 Å². The molecule has 0 spiro atoms. The quantitative estimate of drug-likeness (QED) is 0.595. The first-order valence-electron chi connectivity index (χ1n) is 4.35. The van der Waals surface area contributed by atoms with E-state index in [1.807, 2.05) is 0 Å². The molecule has 0 fully saturated rings. The van der Waals surface area contributed by atoms with Crippen LogP contribution >= 0.6 is 0 Å². The minimum atomic E-state index is -0.869. The molecule has 0 aromatic heterocycles. The van der Waals surface area contributed by atoms with Gasteiger partial charge < -0.3 is 15.3 Å². The molecule has 7 nitrogen and oxygen atoms in total. The second kappa shape index (κ2) is 5.54. The first-order chi connectivity index (χ1) is 7.58. The van der Waals surface area contributed by atoms with Crippen LogP contribution < -0.4 is 5.73 Å². The molecule has 0 radical (unpaired) electrons. The predicted octanol–water partition coefficient (Wildman–Crippen LogP) is 0.990. The number of carbonyl (C=O) groups is 1. The molecule has 1 rings (SSSR count). The molecule has 0 atom stereocenters. The van der Waals surface area contributed by atoms with Gasteiger partial charge in [-0.2, -0.15) is 0 Å². The topological polar surface area (TPSA) is 105 Å². The lowest BCUT2D eigenvalue weighted by Crippen LogP contribution is -2.12. The molecule has 7 heteroatoms. The molecule has 0 saturated heterocycles. The lowest BCUT2D eigenvalue weighted by molar-refractivity contribution is -0.763. The summed E-state index contributed by atoms with van der Waals surface area (Å²) in [5.41, 5.74) is 6.10. The van der Waals surface area contributed by atoms with Gasteiger partial charge in [-0.1, -0.05) is 24.3 Å². The van der Waals surface area contributed by atoms with Crippen LogP contribution in [0.1, 0.15) is 11.1 Å². The molecule has 2 N–H and O–H groups in total. The number of nitrogens with zero attached hydrogens (tertiary/aromatic N) is 1. The van der Waals surface area contributed by atoms with Gasteiger partial charge in [0, 0.05) is 0 Å². The van der Waals surface area contributed by atoms with Crippen LogP contribution in [0.2, 0.25) is 0 Å². The standard InChI is InChI=1S/C9H10N2O5/c10-9(12)15-5-7-2-1-3-8(4-7)6-16-11(13)14/h1-4H,5-6H2,(H2,10,12). The third kappa shape index (κ3) is 4.27. The summed E-state index contributed by atoms with van der Waals surface area (Å²) in [5.74, 6) is 0. The third-order valence-electron chi connectivity index (χ3n) is 1.71. The zero-order valence-corrected chi connectivity index (χ0v) is 8.29. The lowest BCUT2D eigenvalue weighted by Gasteiger charge is -2.04. The number of rotatable bonds is 5. The SMILES string of the molecule is NC(=O)OCc1cccc(CO[N+](=O)[O-])c1. The van der Waals surface area contributed by atoms with Gasteiger partial charge in [-0.05, 0) is 11.1 Å². The summed E-state index contributed by atoms with van der Waals surface area (Å²) in [4.78, 5) is 24.5. The maximum Gasteiger partial charge on any atom is 0.404 e. The van der Waals surface area contributed by atoms with Crippen molar-refractivity contribution in [3.8, 4) is 0 Å². The molecule has 0 saturated carbocycles. The van der Waals surface area contributed by atoms with Crippen molar-refractivity contribution in [3.05, 3.63) is 45.5 Å². The number of carbonyl (C=O) groups excluding carboxylic acids is 1. The molecule has 0 aliphatic heterocycles. The van der Waals surface area contributed by atoms with E-state index >= 15 is 0 Å². The molecule has 0 bridgehead atoms. The van der Waals surface area contributed by atoms with E-state index in [1.165, 1.54) is 0 Å². The van der Waals surface area contributed by atoms with Crippen LogP contribution in [-0.2, 0) is 22.8 Å². The Morgan fingerprint density at radius 3 is 2.56 bits per heavy atom. The number of hydrogen-bond donors (Lipinski definition) is 1. The van der Waals surface area contributed by atoms with E-state index in [0.717, 1.165) is 0 Å². The summed E-state index contributed by atoms with van der Waals surface area (Å²) < 4.78 is 4.57. The first-order valence-corrected chi connectivity index (χ1v) is 4.35. The molecule has 16 heavy (non-hydrogen) atoms. The molecular formula is C9H10N2O5. The summed E-state index contributed by atoms with van der Waals surface area (Å²) in [5, 5.41) is 9.10. The first kappa shape index (κ1) is 11.8. The monoisotopic (exact) mass is 226 g/mol.